The Bertz CT molecular complexity index is 2150. The van der Waals surface area contributed by atoms with Crippen LogP contribution >= 0.6 is 34.9 Å². The summed E-state index contributed by atoms with van der Waals surface area (Å²) in [7, 11) is 0. The average molecular weight is 668 g/mol. The second kappa shape index (κ2) is 13.6. The third-order valence-electron chi connectivity index (χ3n) is 7.03. The number of hydrogen-bond acceptors (Lipinski definition) is 11. The fraction of sp³-hybridized carbons (Fsp3) is 0.121. The number of nitro benzene ring substituents is 1. The number of rotatable bonds is 9. The van der Waals surface area contributed by atoms with E-state index in [1.54, 1.807) is 55.4 Å². The van der Waals surface area contributed by atoms with E-state index >= 15 is 0 Å². The molecule has 5 aromatic rings. The Morgan fingerprint density at radius 2 is 1.80 bits per heavy atom. The maximum atomic E-state index is 14.2. The Kier molecular flexibility index (Phi) is 9.24. The van der Waals surface area contributed by atoms with Gasteiger partial charge in [0.05, 0.1) is 38.3 Å². The third kappa shape index (κ3) is 6.29. The fourth-order valence-corrected chi connectivity index (χ4v) is 7.19. The molecule has 1 aliphatic rings. The highest BCUT2D eigenvalue weighted by molar-refractivity contribution is 7.99. The van der Waals surface area contributed by atoms with E-state index in [0.29, 0.717) is 36.2 Å². The van der Waals surface area contributed by atoms with Crippen molar-refractivity contribution >= 4 is 58.3 Å². The van der Waals surface area contributed by atoms with Crippen LogP contribution < -0.4 is 14.9 Å². The lowest BCUT2D eigenvalue weighted by molar-refractivity contribution is -0.387. The predicted molar refractivity (Wildman–Crippen MR) is 179 cm³/mol. The molecule has 2 aromatic heterocycles. The number of carbonyl (C=O) groups excluding carboxylic acids is 1. The monoisotopic (exact) mass is 667 g/mol. The summed E-state index contributed by atoms with van der Waals surface area (Å²) in [5.41, 5.74) is 2.05. The average Bonchev–Trinajstić information content (AvgIpc) is 3.39. The van der Waals surface area contributed by atoms with E-state index in [0.717, 1.165) is 33.6 Å². The molecule has 230 valence electrons. The van der Waals surface area contributed by atoms with Gasteiger partial charge >= 0.3 is 5.97 Å². The van der Waals surface area contributed by atoms with Crippen LogP contribution in [0, 0.1) is 10.1 Å². The molecule has 0 N–H and O–H groups in total. The topological polar surface area (TPSA) is 130 Å². The quantitative estimate of drug-likeness (QED) is 0.0657. The van der Waals surface area contributed by atoms with Crippen molar-refractivity contribution in [2.75, 3.05) is 12.9 Å². The molecule has 0 fully saturated rings. The van der Waals surface area contributed by atoms with Gasteiger partial charge < -0.3 is 4.74 Å². The van der Waals surface area contributed by atoms with Crippen molar-refractivity contribution in [1.29, 1.82) is 0 Å². The van der Waals surface area contributed by atoms with Crippen molar-refractivity contribution in [2.24, 2.45) is 4.99 Å². The van der Waals surface area contributed by atoms with Gasteiger partial charge in [-0.2, -0.15) is 0 Å². The van der Waals surface area contributed by atoms with Crippen LogP contribution in [0.4, 0.5) is 5.69 Å². The SMILES string of the molecule is CCOC(=O)C1=C(c2ccccc2)N=c2s/c(=C/c3ccc(Sc4ncccn4)c([N+](=O)[O-])c3)c(=O)n2[C@H]1c1ccc(SC)cc1. The predicted octanol–water partition coefficient (Wildman–Crippen LogP) is 5.51. The molecular formula is C33H25N5O5S3. The Balaban J connectivity index is 1.54. The summed E-state index contributed by atoms with van der Waals surface area (Å²) >= 11 is 3.82. The Labute approximate surface area is 275 Å². The van der Waals surface area contributed by atoms with E-state index in [-0.39, 0.29) is 23.4 Å². The highest BCUT2D eigenvalue weighted by Gasteiger charge is 2.35. The normalized spacial score (nSPS) is 14.5. The van der Waals surface area contributed by atoms with Crippen LogP contribution in [0.5, 0.6) is 0 Å². The Morgan fingerprint density at radius 3 is 2.48 bits per heavy atom. The van der Waals surface area contributed by atoms with Gasteiger partial charge in [0.25, 0.3) is 11.2 Å². The lowest BCUT2D eigenvalue weighted by Gasteiger charge is -2.26. The minimum absolute atomic E-state index is 0.137. The zero-order chi connectivity index (χ0) is 32.2. The molecule has 0 aliphatic carbocycles. The standard InChI is InChI=1S/C33H25N5O5S3/c1-3-43-31(40)27-28(21-8-5-4-6-9-21)36-33-37(29(27)22-11-13-23(44-2)14-12-22)30(39)26(46-33)19-20-10-15-25(24(18-20)38(41)42)45-32-34-16-7-17-35-32/h4-19,29H,3H2,1-2H3/b26-19+/t29-/m0/s1. The molecule has 1 atom stereocenters. The summed E-state index contributed by atoms with van der Waals surface area (Å²) in [6, 6.07) is 22.6. The largest absolute Gasteiger partial charge is 0.463 e. The van der Waals surface area contributed by atoms with Gasteiger partial charge in [0.2, 0.25) is 0 Å². The van der Waals surface area contributed by atoms with Crippen molar-refractivity contribution in [3.05, 3.63) is 143 Å². The first-order valence-electron chi connectivity index (χ1n) is 14.0. The van der Waals surface area contributed by atoms with Crippen molar-refractivity contribution in [3.8, 4) is 0 Å². The molecule has 0 saturated heterocycles. The minimum Gasteiger partial charge on any atom is -0.463 e. The van der Waals surface area contributed by atoms with E-state index in [1.165, 1.54) is 10.6 Å². The lowest BCUT2D eigenvalue weighted by Crippen LogP contribution is -2.40. The van der Waals surface area contributed by atoms with Crippen molar-refractivity contribution < 1.29 is 14.5 Å². The van der Waals surface area contributed by atoms with Crippen LogP contribution in [0.3, 0.4) is 0 Å². The van der Waals surface area contributed by atoms with Crippen LogP contribution in [0.2, 0.25) is 0 Å². The number of esters is 1. The summed E-state index contributed by atoms with van der Waals surface area (Å²) in [5, 5.41) is 12.4. The number of thiazole rings is 1. The van der Waals surface area contributed by atoms with Crippen molar-refractivity contribution in [1.82, 2.24) is 14.5 Å². The minimum atomic E-state index is -0.817. The first kappa shape index (κ1) is 31.1. The van der Waals surface area contributed by atoms with Crippen molar-refractivity contribution in [2.45, 2.75) is 27.9 Å². The van der Waals surface area contributed by atoms with Crippen LogP contribution in [-0.2, 0) is 9.53 Å². The van der Waals surface area contributed by atoms with E-state index in [9.17, 15) is 19.7 Å². The van der Waals surface area contributed by atoms with Gasteiger partial charge in [-0.15, -0.1) is 11.8 Å². The first-order chi connectivity index (χ1) is 22.4. The lowest BCUT2D eigenvalue weighted by atomic mass is 9.93. The maximum absolute atomic E-state index is 14.2. The van der Waals surface area contributed by atoms with Gasteiger partial charge in [0.1, 0.15) is 0 Å². The number of benzene rings is 3. The molecule has 0 radical (unpaired) electrons. The van der Waals surface area contributed by atoms with Crippen molar-refractivity contribution in [3.63, 3.8) is 0 Å². The van der Waals surface area contributed by atoms with E-state index in [1.807, 2.05) is 60.9 Å². The van der Waals surface area contributed by atoms with Gasteiger partial charge in [-0.1, -0.05) is 59.9 Å². The summed E-state index contributed by atoms with van der Waals surface area (Å²) in [5.74, 6) is -0.565. The molecule has 3 aromatic carbocycles. The summed E-state index contributed by atoms with van der Waals surface area (Å²) in [6.07, 6.45) is 6.71. The second-order valence-electron chi connectivity index (χ2n) is 9.82. The van der Waals surface area contributed by atoms with E-state index < -0.39 is 16.9 Å². The molecule has 0 amide bonds. The summed E-state index contributed by atoms with van der Waals surface area (Å²) in [4.78, 5) is 54.3. The highest BCUT2D eigenvalue weighted by atomic mass is 32.2. The van der Waals surface area contributed by atoms with Gasteiger partial charge in [0, 0.05) is 28.9 Å². The van der Waals surface area contributed by atoms with Gasteiger partial charge in [-0.05, 0) is 66.4 Å². The summed E-state index contributed by atoms with van der Waals surface area (Å²) in [6.45, 7) is 1.88. The van der Waals surface area contributed by atoms with Crippen LogP contribution in [0.1, 0.15) is 29.7 Å². The first-order valence-corrected chi connectivity index (χ1v) is 16.9. The number of fused-ring (bicyclic) bond motifs is 1. The van der Waals surface area contributed by atoms with Crippen LogP contribution in [0.25, 0.3) is 11.8 Å². The molecule has 13 heteroatoms. The van der Waals surface area contributed by atoms with Gasteiger partial charge in [-0.25, -0.2) is 19.8 Å². The molecule has 46 heavy (non-hydrogen) atoms. The third-order valence-corrected chi connectivity index (χ3v) is 9.71. The molecule has 6 rings (SSSR count). The fourth-order valence-electron chi connectivity index (χ4n) is 4.98. The molecule has 0 bridgehead atoms. The van der Waals surface area contributed by atoms with E-state index in [2.05, 4.69) is 9.97 Å². The van der Waals surface area contributed by atoms with Crippen LogP contribution in [0.15, 0.2) is 122 Å². The zero-order valence-electron chi connectivity index (χ0n) is 24.5. The Hall–Kier alpha value is -4.85. The number of nitro groups is 1. The number of nitrogens with zero attached hydrogens (tertiary/aromatic N) is 5. The smallest absolute Gasteiger partial charge is 0.338 e. The van der Waals surface area contributed by atoms with Gasteiger partial charge in [0.15, 0.2) is 9.96 Å². The number of hydrogen-bond donors (Lipinski definition) is 0. The van der Waals surface area contributed by atoms with E-state index in [4.69, 9.17) is 9.73 Å². The summed E-state index contributed by atoms with van der Waals surface area (Å²) < 4.78 is 7.34. The number of ether oxygens (including phenoxy) is 1. The molecule has 10 nitrogen and oxygen atoms in total. The Morgan fingerprint density at radius 1 is 1.07 bits per heavy atom. The van der Waals surface area contributed by atoms with Gasteiger partial charge in [-0.3, -0.25) is 19.5 Å². The highest BCUT2D eigenvalue weighted by Crippen LogP contribution is 2.36. The molecule has 0 unspecified atom stereocenters. The molecule has 1 aliphatic heterocycles. The maximum Gasteiger partial charge on any atom is 0.338 e. The number of aromatic nitrogens is 3. The molecular weight excluding hydrogens is 643 g/mol. The zero-order valence-corrected chi connectivity index (χ0v) is 27.0. The molecule has 0 saturated carbocycles. The second-order valence-corrected chi connectivity index (χ2v) is 12.7. The molecule has 0 spiro atoms. The molecule has 3 heterocycles. The number of thioether (sulfide) groups is 1. The number of carbonyl (C=O) groups is 1. The van der Waals surface area contributed by atoms with Crippen LogP contribution in [-0.4, -0.2) is 38.3 Å².